The van der Waals surface area contributed by atoms with E-state index in [2.05, 4.69) is 27.6 Å². The normalized spacial score (nSPS) is 10.5. The summed E-state index contributed by atoms with van der Waals surface area (Å²) in [4.78, 5) is 12.8. The number of nitriles is 1. The standard InChI is InChI=1S/C15H13N7/c1-2-5-22-14(8-16)19-11-4-3-10(20-15(11)22)9-6-12(17)21-13(18)7-9/h2-4,6-7H,1,5H2,(H4,17,18,21). The van der Waals surface area contributed by atoms with E-state index >= 15 is 0 Å². The van der Waals surface area contributed by atoms with Crippen LogP contribution in [0.4, 0.5) is 11.6 Å². The number of nitrogen functional groups attached to an aromatic ring is 2. The van der Waals surface area contributed by atoms with Gasteiger partial charge in [0, 0.05) is 12.1 Å². The zero-order chi connectivity index (χ0) is 15.7. The van der Waals surface area contributed by atoms with Crippen molar-refractivity contribution < 1.29 is 0 Å². The molecule has 0 unspecified atom stereocenters. The van der Waals surface area contributed by atoms with Crippen LogP contribution < -0.4 is 11.5 Å². The molecule has 0 aromatic carbocycles. The molecule has 0 amide bonds. The largest absolute Gasteiger partial charge is 0.384 e. The third kappa shape index (κ3) is 2.23. The van der Waals surface area contributed by atoms with Crippen LogP contribution in [0.25, 0.3) is 22.4 Å². The highest BCUT2D eigenvalue weighted by atomic mass is 15.1. The molecule has 0 saturated heterocycles. The minimum absolute atomic E-state index is 0.299. The van der Waals surface area contributed by atoms with E-state index in [0.29, 0.717) is 40.9 Å². The first-order valence-electron chi connectivity index (χ1n) is 6.54. The average Bonchev–Trinajstić information content (AvgIpc) is 2.84. The summed E-state index contributed by atoms with van der Waals surface area (Å²) in [5, 5.41) is 9.17. The predicted octanol–water partition coefficient (Wildman–Crippen LogP) is 1.72. The molecule has 108 valence electrons. The highest BCUT2D eigenvalue weighted by Crippen LogP contribution is 2.24. The molecule has 0 aliphatic rings. The van der Waals surface area contributed by atoms with Gasteiger partial charge < -0.3 is 11.5 Å². The van der Waals surface area contributed by atoms with Gasteiger partial charge in [0.15, 0.2) is 5.65 Å². The van der Waals surface area contributed by atoms with Gasteiger partial charge in [0.1, 0.15) is 23.2 Å². The van der Waals surface area contributed by atoms with Crippen LogP contribution in [0.15, 0.2) is 36.9 Å². The smallest absolute Gasteiger partial charge is 0.215 e. The van der Waals surface area contributed by atoms with Crippen LogP contribution in [-0.2, 0) is 6.54 Å². The summed E-state index contributed by atoms with van der Waals surface area (Å²) in [6.07, 6.45) is 1.69. The van der Waals surface area contributed by atoms with Crippen molar-refractivity contribution in [1.29, 1.82) is 5.26 Å². The van der Waals surface area contributed by atoms with Crippen LogP contribution in [0.3, 0.4) is 0 Å². The van der Waals surface area contributed by atoms with E-state index in [1.165, 1.54) is 0 Å². The van der Waals surface area contributed by atoms with Crippen LogP contribution in [0, 0.1) is 11.3 Å². The van der Waals surface area contributed by atoms with Crippen LogP contribution in [-0.4, -0.2) is 19.5 Å². The maximum atomic E-state index is 9.17. The van der Waals surface area contributed by atoms with Crippen LogP contribution in [0.2, 0.25) is 0 Å². The molecule has 0 bridgehead atoms. The molecule has 3 heterocycles. The monoisotopic (exact) mass is 291 g/mol. The molecule has 0 aliphatic heterocycles. The Morgan fingerprint density at radius 1 is 1.18 bits per heavy atom. The molecular weight excluding hydrogens is 278 g/mol. The number of fused-ring (bicyclic) bond motifs is 1. The Balaban J connectivity index is 2.22. The molecule has 0 spiro atoms. The van der Waals surface area contributed by atoms with Crippen molar-refractivity contribution in [1.82, 2.24) is 19.5 Å². The summed E-state index contributed by atoms with van der Waals surface area (Å²) in [7, 11) is 0. The summed E-state index contributed by atoms with van der Waals surface area (Å²) < 4.78 is 1.71. The zero-order valence-corrected chi connectivity index (χ0v) is 11.7. The van der Waals surface area contributed by atoms with E-state index in [1.54, 1.807) is 22.8 Å². The third-order valence-electron chi connectivity index (χ3n) is 3.16. The lowest BCUT2D eigenvalue weighted by Gasteiger charge is -2.05. The minimum atomic E-state index is 0.299. The molecule has 0 aliphatic carbocycles. The van der Waals surface area contributed by atoms with E-state index < -0.39 is 0 Å². The van der Waals surface area contributed by atoms with Crippen molar-refractivity contribution in [2.75, 3.05) is 11.5 Å². The highest BCUT2D eigenvalue weighted by molar-refractivity contribution is 5.77. The van der Waals surface area contributed by atoms with E-state index in [1.807, 2.05) is 12.1 Å². The number of hydrogen-bond acceptors (Lipinski definition) is 6. The quantitative estimate of drug-likeness (QED) is 0.709. The van der Waals surface area contributed by atoms with Gasteiger partial charge in [0.25, 0.3) is 0 Å². The number of nitrogens with two attached hydrogens (primary N) is 2. The van der Waals surface area contributed by atoms with Gasteiger partial charge in [0.2, 0.25) is 5.82 Å². The molecule has 0 fully saturated rings. The van der Waals surface area contributed by atoms with Crippen LogP contribution in [0.1, 0.15) is 5.82 Å². The number of anilines is 2. The third-order valence-corrected chi connectivity index (χ3v) is 3.16. The summed E-state index contributed by atoms with van der Waals surface area (Å²) in [5.74, 6) is 0.955. The van der Waals surface area contributed by atoms with Gasteiger partial charge in [-0.2, -0.15) is 5.26 Å². The molecule has 0 saturated carbocycles. The molecular formula is C15H13N7. The number of aromatic nitrogens is 4. The number of nitrogens with zero attached hydrogens (tertiary/aromatic N) is 5. The number of imidazole rings is 1. The van der Waals surface area contributed by atoms with Crippen molar-refractivity contribution in [3.63, 3.8) is 0 Å². The van der Waals surface area contributed by atoms with E-state index in [0.717, 1.165) is 5.56 Å². The van der Waals surface area contributed by atoms with Crippen molar-refractivity contribution >= 4 is 22.8 Å². The summed E-state index contributed by atoms with van der Waals surface area (Å²) in [6.45, 7) is 4.15. The Morgan fingerprint density at radius 3 is 2.55 bits per heavy atom. The van der Waals surface area contributed by atoms with E-state index in [9.17, 15) is 0 Å². The lowest BCUT2D eigenvalue weighted by molar-refractivity contribution is 0.822. The Hall–Kier alpha value is -3.40. The fraction of sp³-hybridized carbons (Fsp3) is 0.0667. The van der Waals surface area contributed by atoms with Gasteiger partial charge in [0.05, 0.1) is 5.69 Å². The molecule has 4 N–H and O–H groups in total. The minimum Gasteiger partial charge on any atom is -0.384 e. The number of pyridine rings is 2. The fourth-order valence-electron chi connectivity index (χ4n) is 2.27. The predicted molar refractivity (Wildman–Crippen MR) is 84.5 cm³/mol. The first kappa shape index (κ1) is 13.6. The zero-order valence-electron chi connectivity index (χ0n) is 11.7. The second-order valence-corrected chi connectivity index (χ2v) is 4.69. The molecule has 3 rings (SSSR count). The topological polar surface area (TPSA) is 119 Å². The first-order chi connectivity index (χ1) is 10.6. The first-order valence-corrected chi connectivity index (χ1v) is 6.54. The molecule has 3 aromatic rings. The SMILES string of the molecule is C=CCn1c(C#N)nc2ccc(-c3cc(N)nc(N)c3)nc21. The van der Waals surface area contributed by atoms with Gasteiger partial charge in [-0.05, 0) is 24.3 Å². The van der Waals surface area contributed by atoms with Crippen LogP contribution in [0.5, 0.6) is 0 Å². The summed E-state index contributed by atoms with van der Waals surface area (Å²) in [5.41, 5.74) is 14.1. The number of allylic oxidation sites excluding steroid dienone is 1. The Bertz CT molecular complexity index is 897. The molecule has 0 radical (unpaired) electrons. The van der Waals surface area contributed by atoms with Crippen LogP contribution >= 0.6 is 0 Å². The van der Waals surface area contributed by atoms with E-state index in [-0.39, 0.29) is 0 Å². The maximum absolute atomic E-state index is 9.17. The lowest BCUT2D eigenvalue weighted by Crippen LogP contribution is -2.01. The fourth-order valence-corrected chi connectivity index (χ4v) is 2.27. The Kier molecular flexibility index (Phi) is 3.20. The maximum Gasteiger partial charge on any atom is 0.215 e. The molecule has 22 heavy (non-hydrogen) atoms. The molecule has 3 aromatic heterocycles. The number of hydrogen-bond donors (Lipinski definition) is 2. The average molecular weight is 291 g/mol. The molecule has 7 heteroatoms. The molecule has 0 atom stereocenters. The van der Waals surface area contributed by atoms with Gasteiger partial charge in [-0.15, -0.1) is 6.58 Å². The van der Waals surface area contributed by atoms with Gasteiger partial charge in [-0.1, -0.05) is 6.08 Å². The van der Waals surface area contributed by atoms with Crippen molar-refractivity contribution in [2.24, 2.45) is 0 Å². The van der Waals surface area contributed by atoms with Crippen molar-refractivity contribution in [3.05, 3.63) is 42.7 Å². The van der Waals surface area contributed by atoms with Crippen molar-refractivity contribution in [2.45, 2.75) is 6.54 Å². The van der Waals surface area contributed by atoms with Crippen molar-refractivity contribution in [3.8, 4) is 17.3 Å². The highest BCUT2D eigenvalue weighted by Gasteiger charge is 2.12. The van der Waals surface area contributed by atoms with E-state index in [4.69, 9.17) is 16.7 Å². The summed E-state index contributed by atoms with van der Waals surface area (Å²) >= 11 is 0. The molecule has 7 nitrogen and oxygen atoms in total. The number of rotatable bonds is 3. The Labute approximate surface area is 126 Å². The lowest BCUT2D eigenvalue weighted by atomic mass is 10.1. The second-order valence-electron chi connectivity index (χ2n) is 4.69. The summed E-state index contributed by atoms with van der Waals surface area (Å²) in [6, 6.07) is 9.08. The van der Waals surface area contributed by atoms with Gasteiger partial charge in [-0.3, -0.25) is 4.57 Å². The Morgan fingerprint density at radius 2 is 1.91 bits per heavy atom. The second kappa shape index (κ2) is 5.18. The van der Waals surface area contributed by atoms with Gasteiger partial charge >= 0.3 is 0 Å². The van der Waals surface area contributed by atoms with Gasteiger partial charge in [-0.25, -0.2) is 15.0 Å².